The van der Waals surface area contributed by atoms with E-state index in [9.17, 15) is 4.79 Å². The van der Waals surface area contributed by atoms with Crippen molar-refractivity contribution in [1.29, 1.82) is 0 Å². The molecule has 1 saturated heterocycles. The Labute approximate surface area is 162 Å². The lowest BCUT2D eigenvalue weighted by molar-refractivity contribution is -0.120. The number of halogens is 1. The second kappa shape index (κ2) is 15.9. The molecule has 0 aromatic carbocycles. The monoisotopic (exact) mass is 456 g/mol. The van der Waals surface area contributed by atoms with E-state index in [4.69, 9.17) is 9.47 Å². The van der Waals surface area contributed by atoms with Crippen LogP contribution in [0.3, 0.4) is 0 Å². The lowest BCUT2D eigenvalue weighted by Gasteiger charge is -2.21. The highest BCUT2D eigenvalue weighted by atomic mass is 127. The quantitative estimate of drug-likeness (QED) is 0.199. The Morgan fingerprint density at radius 3 is 2.62 bits per heavy atom. The number of hydrogen-bond donors (Lipinski definition) is 3. The van der Waals surface area contributed by atoms with E-state index in [0.29, 0.717) is 18.4 Å². The highest BCUT2D eigenvalue weighted by Gasteiger charge is 2.13. The van der Waals surface area contributed by atoms with Gasteiger partial charge >= 0.3 is 0 Å². The van der Waals surface area contributed by atoms with Crippen molar-refractivity contribution in [3.63, 3.8) is 0 Å². The molecule has 1 amide bonds. The Hall–Kier alpha value is -0.610. The van der Waals surface area contributed by atoms with Gasteiger partial charge in [-0.05, 0) is 31.6 Å². The normalized spacial score (nSPS) is 15.5. The standard InChI is InChI=1S/C16H32N4O3.HI/c1-3-7-18-15(21)12-20-16(17-2)19-8-4-9-23-13-14-5-10-22-11-6-14;/h14H,3-13H2,1-2H3,(H,18,21)(H2,17,19,20);1H. The zero-order valence-corrected chi connectivity index (χ0v) is 17.3. The summed E-state index contributed by atoms with van der Waals surface area (Å²) in [6.07, 6.45) is 4.06. The van der Waals surface area contributed by atoms with Crippen LogP contribution in [-0.2, 0) is 14.3 Å². The lowest BCUT2D eigenvalue weighted by atomic mass is 10.0. The second-order valence-electron chi connectivity index (χ2n) is 5.69. The summed E-state index contributed by atoms with van der Waals surface area (Å²) in [5, 5.41) is 8.98. The highest BCUT2D eigenvalue weighted by molar-refractivity contribution is 14.0. The van der Waals surface area contributed by atoms with Gasteiger partial charge in [0.05, 0.1) is 6.54 Å². The van der Waals surface area contributed by atoms with Gasteiger partial charge in [0.2, 0.25) is 5.91 Å². The molecule has 0 bridgehead atoms. The maximum absolute atomic E-state index is 11.5. The summed E-state index contributed by atoms with van der Waals surface area (Å²) in [6.45, 7) is 7.03. The third kappa shape index (κ3) is 11.9. The van der Waals surface area contributed by atoms with Crippen LogP contribution >= 0.6 is 24.0 Å². The van der Waals surface area contributed by atoms with Gasteiger partial charge in [0, 0.05) is 46.6 Å². The van der Waals surface area contributed by atoms with Crippen LogP contribution in [0.1, 0.15) is 32.6 Å². The maximum Gasteiger partial charge on any atom is 0.239 e. The topological polar surface area (TPSA) is 84.0 Å². The van der Waals surface area contributed by atoms with Gasteiger partial charge in [-0.3, -0.25) is 9.79 Å². The first kappa shape index (κ1) is 23.4. The zero-order chi connectivity index (χ0) is 16.8. The van der Waals surface area contributed by atoms with Crippen LogP contribution < -0.4 is 16.0 Å². The molecule has 7 nitrogen and oxygen atoms in total. The molecule has 0 spiro atoms. The summed E-state index contributed by atoms with van der Waals surface area (Å²) in [5.74, 6) is 1.27. The Bertz CT molecular complexity index is 350. The zero-order valence-electron chi connectivity index (χ0n) is 14.9. The van der Waals surface area contributed by atoms with Crippen molar-refractivity contribution < 1.29 is 14.3 Å². The fourth-order valence-electron chi connectivity index (χ4n) is 2.26. The molecular formula is C16H33IN4O3. The number of carbonyl (C=O) groups is 1. The van der Waals surface area contributed by atoms with Gasteiger partial charge in [-0.15, -0.1) is 24.0 Å². The minimum Gasteiger partial charge on any atom is -0.381 e. The largest absolute Gasteiger partial charge is 0.381 e. The van der Waals surface area contributed by atoms with Crippen molar-refractivity contribution in [2.45, 2.75) is 32.6 Å². The molecule has 0 unspecified atom stereocenters. The van der Waals surface area contributed by atoms with Crippen LogP contribution in [0.2, 0.25) is 0 Å². The molecule has 1 fully saturated rings. The summed E-state index contributed by atoms with van der Waals surface area (Å²) < 4.78 is 11.0. The van der Waals surface area contributed by atoms with Gasteiger partial charge in [0.1, 0.15) is 0 Å². The van der Waals surface area contributed by atoms with Crippen LogP contribution in [-0.4, -0.2) is 65.0 Å². The Balaban J connectivity index is 0.00000529. The van der Waals surface area contributed by atoms with Crippen molar-refractivity contribution in [2.75, 3.05) is 53.1 Å². The molecule has 3 N–H and O–H groups in total. The molecule has 0 aromatic heterocycles. The first-order chi connectivity index (χ1) is 11.3. The molecule has 1 aliphatic rings. The first-order valence-electron chi connectivity index (χ1n) is 8.63. The second-order valence-corrected chi connectivity index (χ2v) is 5.69. The number of nitrogens with one attached hydrogen (secondary N) is 3. The van der Waals surface area contributed by atoms with Crippen molar-refractivity contribution in [3.05, 3.63) is 0 Å². The molecule has 1 rings (SSSR count). The van der Waals surface area contributed by atoms with Gasteiger partial charge < -0.3 is 25.4 Å². The molecule has 1 aliphatic heterocycles. The van der Waals surface area contributed by atoms with Crippen LogP contribution in [0, 0.1) is 5.92 Å². The van der Waals surface area contributed by atoms with Crippen molar-refractivity contribution >= 4 is 35.8 Å². The summed E-state index contributed by atoms with van der Waals surface area (Å²) in [5.41, 5.74) is 0. The Morgan fingerprint density at radius 2 is 1.96 bits per heavy atom. The molecule has 1 heterocycles. The van der Waals surface area contributed by atoms with Gasteiger partial charge in [-0.2, -0.15) is 0 Å². The van der Waals surface area contributed by atoms with Crippen LogP contribution in [0.4, 0.5) is 0 Å². The third-order valence-electron chi connectivity index (χ3n) is 3.66. The first-order valence-corrected chi connectivity index (χ1v) is 8.63. The van der Waals surface area contributed by atoms with E-state index >= 15 is 0 Å². The van der Waals surface area contributed by atoms with Gasteiger partial charge in [0.25, 0.3) is 0 Å². The predicted octanol–water partition coefficient (Wildman–Crippen LogP) is 1.13. The number of ether oxygens (including phenoxy) is 2. The third-order valence-corrected chi connectivity index (χ3v) is 3.66. The van der Waals surface area contributed by atoms with Crippen molar-refractivity contribution in [1.82, 2.24) is 16.0 Å². The number of carbonyl (C=O) groups excluding carboxylic acids is 1. The summed E-state index contributed by atoms with van der Waals surface area (Å²) in [4.78, 5) is 15.6. The van der Waals surface area contributed by atoms with Gasteiger partial charge in [-0.25, -0.2) is 0 Å². The molecule has 0 aromatic rings. The average Bonchev–Trinajstić information content (AvgIpc) is 2.59. The number of hydrogen-bond acceptors (Lipinski definition) is 4. The highest BCUT2D eigenvalue weighted by Crippen LogP contribution is 2.14. The molecular weight excluding hydrogens is 423 g/mol. The smallest absolute Gasteiger partial charge is 0.239 e. The maximum atomic E-state index is 11.5. The molecule has 0 atom stereocenters. The summed E-state index contributed by atoms with van der Waals surface area (Å²) in [7, 11) is 1.70. The lowest BCUT2D eigenvalue weighted by Crippen LogP contribution is -2.43. The van der Waals surface area contributed by atoms with E-state index in [1.165, 1.54) is 0 Å². The number of amides is 1. The molecule has 24 heavy (non-hydrogen) atoms. The van der Waals surface area contributed by atoms with E-state index in [0.717, 1.165) is 58.7 Å². The summed E-state index contributed by atoms with van der Waals surface area (Å²) in [6, 6.07) is 0. The van der Waals surface area contributed by atoms with E-state index in [1.54, 1.807) is 7.05 Å². The Morgan fingerprint density at radius 1 is 1.21 bits per heavy atom. The van der Waals surface area contributed by atoms with E-state index < -0.39 is 0 Å². The molecule has 0 radical (unpaired) electrons. The minimum absolute atomic E-state index is 0. The number of nitrogens with zero attached hydrogens (tertiary/aromatic N) is 1. The Kier molecular flexibility index (Phi) is 15.5. The number of guanidine groups is 1. The van der Waals surface area contributed by atoms with E-state index in [1.807, 2.05) is 6.92 Å². The predicted molar refractivity (Wildman–Crippen MR) is 107 cm³/mol. The SMILES string of the molecule is CCCNC(=O)CNC(=NC)NCCCOCC1CCOCC1.I. The minimum atomic E-state index is -0.0189. The average molecular weight is 456 g/mol. The van der Waals surface area contributed by atoms with Gasteiger partial charge in [0.15, 0.2) is 5.96 Å². The number of rotatable bonds is 10. The van der Waals surface area contributed by atoms with Crippen molar-refractivity contribution in [3.8, 4) is 0 Å². The van der Waals surface area contributed by atoms with Crippen LogP contribution in [0.25, 0.3) is 0 Å². The van der Waals surface area contributed by atoms with Gasteiger partial charge in [-0.1, -0.05) is 6.92 Å². The molecule has 0 aliphatic carbocycles. The van der Waals surface area contributed by atoms with Crippen LogP contribution in [0.5, 0.6) is 0 Å². The fourth-order valence-corrected chi connectivity index (χ4v) is 2.26. The van der Waals surface area contributed by atoms with Crippen molar-refractivity contribution in [2.24, 2.45) is 10.9 Å². The summed E-state index contributed by atoms with van der Waals surface area (Å²) >= 11 is 0. The van der Waals surface area contributed by atoms with E-state index in [-0.39, 0.29) is 36.4 Å². The molecule has 0 saturated carbocycles. The number of aliphatic imine (C=N–C) groups is 1. The van der Waals surface area contributed by atoms with Crippen LogP contribution in [0.15, 0.2) is 4.99 Å². The van der Waals surface area contributed by atoms with E-state index in [2.05, 4.69) is 20.9 Å². The molecule has 8 heteroatoms. The fraction of sp³-hybridized carbons (Fsp3) is 0.875. The molecule has 142 valence electrons.